The quantitative estimate of drug-likeness (QED) is 0.670. The van der Waals surface area contributed by atoms with Gasteiger partial charge in [0.1, 0.15) is 0 Å². The molecule has 1 aromatic carbocycles. The Morgan fingerprint density at radius 3 is 2.75 bits per heavy atom. The fourth-order valence-corrected chi connectivity index (χ4v) is 3.24. The van der Waals surface area contributed by atoms with Crippen LogP contribution in [0.15, 0.2) is 43.0 Å². The van der Waals surface area contributed by atoms with E-state index in [0.29, 0.717) is 0 Å². The molecular weight excluding hydrogens is 267 g/mol. The molecule has 5 heteroatoms. The molecule has 1 N–H and O–H groups in total. The first-order chi connectivity index (χ1) is 7.93. The van der Waals surface area contributed by atoms with E-state index in [1.54, 1.807) is 12.7 Å². The summed E-state index contributed by atoms with van der Waals surface area (Å²) in [7, 11) is 0. The van der Waals surface area contributed by atoms with E-state index in [2.05, 4.69) is 32.1 Å². The standard InChI is InChI=1S/C11H8N4Se/c1-2-4-8(5-3-1)16-11-9-10(13-6-12-9)14-7-15-11/h1-7H,(H,12,13,14,15). The summed E-state index contributed by atoms with van der Waals surface area (Å²) in [6.45, 7) is 0. The van der Waals surface area contributed by atoms with Gasteiger partial charge in [-0.05, 0) is 0 Å². The molecule has 0 aliphatic carbocycles. The third-order valence-electron chi connectivity index (χ3n) is 2.15. The Balaban J connectivity index is 2.04. The molecule has 0 unspecified atom stereocenters. The van der Waals surface area contributed by atoms with Crippen molar-refractivity contribution in [3.63, 3.8) is 0 Å². The van der Waals surface area contributed by atoms with Gasteiger partial charge in [0.05, 0.1) is 0 Å². The number of imidazole rings is 1. The molecular formula is C11H8N4Se. The van der Waals surface area contributed by atoms with Crippen molar-refractivity contribution in [1.29, 1.82) is 0 Å². The van der Waals surface area contributed by atoms with Gasteiger partial charge in [-0.3, -0.25) is 0 Å². The second-order valence-electron chi connectivity index (χ2n) is 3.20. The molecule has 78 valence electrons. The van der Waals surface area contributed by atoms with Crippen LogP contribution in [-0.2, 0) is 0 Å². The predicted molar refractivity (Wildman–Crippen MR) is 63.1 cm³/mol. The molecule has 0 radical (unpaired) electrons. The number of benzene rings is 1. The van der Waals surface area contributed by atoms with Gasteiger partial charge < -0.3 is 0 Å². The first-order valence-electron chi connectivity index (χ1n) is 4.80. The summed E-state index contributed by atoms with van der Waals surface area (Å²) in [4.78, 5) is 15.6. The molecule has 16 heavy (non-hydrogen) atoms. The topological polar surface area (TPSA) is 54.5 Å². The van der Waals surface area contributed by atoms with Crippen molar-refractivity contribution in [2.24, 2.45) is 0 Å². The number of H-pyrrole nitrogens is 1. The van der Waals surface area contributed by atoms with E-state index in [1.165, 1.54) is 4.46 Å². The third-order valence-corrected chi connectivity index (χ3v) is 4.27. The summed E-state index contributed by atoms with van der Waals surface area (Å²) < 4.78 is 2.34. The van der Waals surface area contributed by atoms with Crippen molar-refractivity contribution in [1.82, 2.24) is 19.9 Å². The van der Waals surface area contributed by atoms with Crippen molar-refractivity contribution >= 4 is 35.2 Å². The van der Waals surface area contributed by atoms with Crippen molar-refractivity contribution in [2.45, 2.75) is 0 Å². The zero-order valence-electron chi connectivity index (χ0n) is 8.29. The maximum atomic E-state index is 4.32. The number of aromatic amines is 1. The zero-order valence-corrected chi connectivity index (χ0v) is 10.0. The van der Waals surface area contributed by atoms with Crippen molar-refractivity contribution in [3.8, 4) is 0 Å². The number of fused-ring (bicyclic) bond motifs is 1. The Hall–Kier alpha value is -1.71. The molecule has 0 spiro atoms. The summed E-state index contributed by atoms with van der Waals surface area (Å²) in [6.07, 6.45) is 3.23. The summed E-state index contributed by atoms with van der Waals surface area (Å²) in [5.74, 6) is 0. The number of hydrogen-bond donors (Lipinski definition) is 1. The summed E-state index contributed by atoms with van der Waals surface area (Å²) >= 11 is 0.189. The molecule has 0 aliphatic heterocycles. The predicted octanol–water partition coefficient (Wildman–Crippen LogP) is 0.00790. The Morgan fingerprint density at radius 1 is 1.00 bits per heavy atom. The van der Waals surface area contributed by atoms with Crippen molar-refractivity contribution in [2.75, 3.05) is 0 Å². The molecule has 0 amide bonds. The van der Waals surface area contributed by atoms with Gasteiger partial charge in [0.15, 0.2) is 0 Å². The molecule has 3 aromatic rings. The SMILES string of the molecule is c1ccc([Se]c2ncnc3nc[nH]c23)cc1. The summed E-state index contributed by atoms with van der Waals surface area (Å²) in [6, 6.07) is 10.3. The average molecular weight is 275 g/mol. The van der Waals surface area contributed by atoms with Crippen LogP contribution < -0.4 is 9.05 Å². The normalized spacial score (nSPS) is 10.8. The van der Waals surface area contributed by atoms with Crippen LogP contribution in [0.1, 0.15) is 0 Å². The van der Waals surface area contributed by atoms with Crippen LogP contribution in [0.4, 0.5) is 0 Å². The summed E-state index contributed by atoms with van der Waals surface area (Å²) in [5.41, 5.74) is 1.69. The van der Waals surface area contributed by atoms with Crippen LogP contribution >= 0.6 is 0 Å². The van der Waals surface area contributed by atoms with E-state index in [4.69, 9.17) is 0 Å². The number of hydrogen-bond acceptors (Lipinski definition) is 3. The number of nitrogens with zero attached hydrogens (tertiary/aromatic N) is 3. The first kappa shape index (κ1) is 9.51. The maximum absolute atomic E-state index is 4.32. The van der Waals surface area contributed by atoms with Crippen LogP contribution in [0.3, 0.4) is 0 Å². The minimum atomic E-state index is 0.189. The molecule has 2 aromatic heterocycles. The second kappa shape index (κ2) is 4.04. The van der Waals surface area contributed by atoms with Gasteiger partial charge >= 0.3 is 98.1 Å². The molecule has 4 nitrogen and oxygen atoms in total. The van der Waals surface area contributed by atoms with Crippen LogP contribution in [0, 0.1) is 0 Å². The van der Waals surface area contributed by atoms with E-state index in [0.717, 1.165) is 15.8 Å². The van der Waals surface area contributed by atoms with Crippen molar-refractivity contribution in [3.05, 3.63) is 43.0 Å². The number of nitrogens with one attached hydrogen (secondary N) is 1. The number of aromatic nitrogens is 4. The van der Waals surface area contributed by atoms with Gasteiger partial charge in [-0.15, -0.1) is 0 Å². The van der Waals surface area contributed by atoms with Crippen molar-refractivity contribution < 1.29 is 0 Å². The van der Waals surface area contributed by atoms with E-state index in [-0.39, 0.29) is 15.0 Å². The molecule has 0 saturated carbocycles. The molecule has 3 rings (SSSR count). The molecule has 2 heterocycles. The van der Waals surface area contributed by atoms with Crippen LogP contribution in [-0.4, -0.2) is 34.9 Å². The molecule has 0 saturated heterocycles. The molecule has 0 atom stereocenters. The second-order valence-corrected chi connectivity index (χ2v) is 5.42. The van der Waals surface area contributed by atoms with Crippen LogP contribution in [0.25, 0.3) is 11.2 Å². The third kappa shape index (κ3) is 1.71. The van der Waals surface area contributed by atoms with E-state index in [1.807, 2.05) is 18.2 Å². The number of rotatable bonds is 2. The van der Waals surface area contributed by atoms with Gasteiger partial charge in [-0.2, -0.15) is 0 Å². The summed E-state index contributed by atoms with van der Waals surface area (Å²) in [5, 5.41) is 0. The Labute approximate surface area is 98.3 Å². The monoisotopic (exact) mass is 276 g/mol. The van der Waals surface area contributed by atoms with Gasteiger partial charge in [-0.1, -0.05) is 0 Å². The van der Waals surface area contributed by atoms with Gasteiger partial charge in [0.25, 0.3) is 0 Å². The van der Waals surface area contributed by atoms with Crippen LogP contribution in [0.5, 0.6) is 0 Å². The first-order valence-corrected chi connectivity index (χ1v) is 6.52. The van der Waals surface area contributed by atoms with Crippen LogP contribution in [0.2, 0.25) is 0 Å². The minimum absolute atomic E-state index is 0.189. The Kier molecular flexibility index (Phi) is 2.40. The average Bonchev–Trinajstić information content (AvgIpc) is 2.80. The zero-order chi connectivity index (χ0) is 10.8. The van der Waals surface area contributed by atoms with Gasteiger partial charge in [0.2, 0.25) is 0 Å². The van der Waals surface area contributed by atoms with E-state index >= 15 is 0 Å². The molecule has 0 aliphatic rings. The fraction of sp³-hybridized carbons (Fsp3) is 0. The molecule has 0 fully saturated rings. The van der Waals surface area contributed by atoms with Gasteiger partial charge in [0, 0.05) is 0 Å². The van der Waals surface area contributed by atoms with E-state index < -0.39 is 0 Å². The van der Waals surface area contributed by atoms with Gasteiger partial charge in [-0.25, -0.2) is 0 Å². The van der Waals surface area contributed by atoms with E-state index in [9.17, 15) is 0 Å². The fourth-order valence-electron chi connectivity index (χ4n) is 1.42. The Morgan fingerprint density at radius 2 is 1.88 bits per heavy atom. The Bertz CT molecular complexity index is 605. The molecule has 0 bridgehead atoms.